The average molecular weight is 831 g/mol. The van der Waals surface area contributed by atoms with E-state index in [2.05, 4.69) is 51.8 Å². The number of hydrogen-bond donors (Lipinski definition) is 3. The highest BCUT2D eigenvalue weighted by Gasteiger charge is 2.27. The molecule has 0 atom stereocenters. The Kier molecular flexibility index (Phi) is 11.3. The van der Waals surface area contributed by atoms with Gasteiger partial charge in [0.25, 0.3) is 5.91 Å². The maximum Gasteiger partial charge on any atom is 0.355 e. The van der Waals surface area contributed by atoms with Crippen molar-refractivity contribution in [2.45, 2.75) is 45.1 Å². The van der Waals surface area contributed by atoms with Gasteiger partial charge in [0.05, 0.1) is 27.0 Å². The zero-order valence-electron chi connectivity index (χ0n) is 31.8. The molecule has 6 heterocycles. The predicted octanol–water partition coefficient (Wildman–Crippen LogP) is 8.85. The first-order chi connectivity index (χ1) is 28.5. The summed E-state index contributed by atoms with van der Waals surface area (Å²) in [5.74, 6) is 0.373. The van der Waals surface area contributed by atoms with Crippen LogP contribution in [0.1, 0.15) is 62.5 Å². The maximum atomic E-state index is 13.5. The highest BCUT2D eigenvalue weighted by molar-refractivity contribution is 7.22. The van der Waals surface area contributed by atoms with Gasteiger partial charge in [-0.1, -0.05) is 47.7 Å². The smallest absolute Gasteiger partial charge is 0.355 e. The third-order valence-corrected chi connectivity index (χ3v) is 13.8. The van der Waals surface area contributed by atoms with Gasteiger partial charge in [0, 0.05) is 41.0 Å². The van der Waals surface area contributed by atoms with E-state index in [4.69, 9.17) is 4.74 Å². The summed E-state index contributed by atoms with van der Waals surface area (Å²) in [7, 11) is 0. The van der Waals surface area contributed by atoms with Crippen LogP contribution in [0.4, 0.5) is 16.1 Å². The lowest BCUT2D eigenvalue weighted by Gasteiger charge is -2.29. The van der Waals surface area contributed by atoms with Crippen LogP contribution in [0, 0.1) is 0 Å². The minimum Gasteiger partial charge on any atom is -0.494 e. The molecule has 2 aliphatic heterocycles. The SMILES string of the molecule is O=C(Nc1nc2ccccc2s1)c1cccc2c1CN(c1nc(C(=O)O)c(CCCOc3ccc(-c4csc5c(NCCCN6CCCC6)ncnc45)cc3)s1)CC2. The van der Waals surface area contributed by atoms with Crippen LogP contribution in [0.2, 0.25) is 0 Å². The zero-order chi connectivity index (χ0) is 39.4. The summed E-state index contributed by atoms with van der Waals surface area (Å²) in [5, 5.41) is 19.9. The number of nitrogens with one attached hydrogen (secondary N) is 2. The number of likely N-dealkylation sites (tertiary alicyclic amines) is 1. The molecule has 4 aromatic heterocycles. The van der Waals surface area contributed by atoms with Gasteiger partial charge in [-0.3, -0.25) is 10.1 Å². The molecule has 0 saturated carbocycles. The Morgan fingerprint density at radius 2 is 1.78 bits per heavy atom. The second-order valence-corrected chi connectivity index (χ2v) is 17.5. The molecule has 0 unspecified atom stereocenters. The van der Waals surface area contributed by atoms with Gasteiger partial charge in [-0.15, -0.1) is 22.7 Å². The van der Waals surface area contributed by atoms with Gasteiger partial charge >= 0.3 is 5.97 Å². The Morgan fingerprint density at radius 1 is 0.914 bits per heavy atom. The molecule has 2 aliphatic rings. The number of carbonyl (C=O) groups excluding carboxylic acids is 1. The number of carboxylic acid groups (broad SMARTS) is 1. The molecule has 296 valence electrons. The van der Waals surface area contributed by atoms with Gasteiger partial charge in [0.1, 0.15) is 17.9 Å². The quantitative estimate of drug-likeness (QED) is 0.0853. The Balaban J connectivity index is 0.802. The number of benzene rings is 3. The van der Waals surface area contributed by atoms with Crippen molar-refractivity contribution in [3.05, 3.63) is 106 Å². The molecule has 0 radical (unpaired) electrons. The molecule has 9 rings (SSSR count). The van der Waals surface area contributed by atoms with E-state index in [-0.39, 0.29) is 11.6 Å². The molecule has 12 nitrogen and oxygen atoms in total. The van der Waals surface area contributed by atoms with Crippen molar-refractivity contribution in [3.8, 4) is 16.9 Å². The van der Waals surface area contributed by atoms with Crippen molar-refractivity contribution < 1.29 is 19.4 Å². The molecular formula is C43H42N8O4S3. The van der Waals surface area contributed by atoms with Gasteiger partial charge in [-0.25, -0.2) is 24.7 Å². The first-order valence-electron chi connectivity index (χ1n) is 19.6. The van der Waals surface area contributed by atoms with Crippen molar-refractivity contribution in [2.24, 2.45) is 0 Å². The minimum absolute atomic E-state index is 0.0734. The number of hydrogen-bond acceptors (Lipinski definition) is 13. The number of carbonyl (C=O) groups is 2. The van der Waals surface area contributed by atoms with E-state index in [1.54, 1.807) is 17.7 Å². The number of carboxylic acids is 1. The Bertz CT molecular complexity index is 2550. The largest absolute Gasteiger partial charge is 0.494 e. The van der Waals surface area contributed by atoms with Crippen LogP contribution in [-0.4, -0.2) is 81.1 Å². The second kappa shape index (κ2) is 17.2. The van der Waals surface area contributed by atoms with Gasteiger partial charge < -0.3 is 25.0 Å². The van der Waals surface area contributed by atoms with Crippen LogP contribution >= 0.6 is 34.0 Å². The first kappa shape index (κ1) is 38.1. The Hall–Kier alpha value is -5.48. The molecule has 1 fully saturated rings. The zero-order valence-corrected chi connectivity index (χ0v) is 34.2. The fourth-order valence-electron chi connectivity index (χ4n) is 7.71. The third-order valence-electron chi connectivity index (χ3n) is 10.7. The number of rotatable bonds is 15. The average Bonchev–Trinajstić information content (AvgIpc) is 4.08. The molecule has 0 aliphatic carbocycles. The molecule has 3 aromatic carbocycles. The van der Waals surface area contributed by atoms with Gasteiger partial charge in [-0.05, 0) is 105 Å². The van der Waals surface area contributed by atoms with Crippen molar-refractivity contribution in [1.29, 1.82) is 0 Å². The van der Waals surface area contributed by atoms with Crippen molar-refractivity contribution >= 4 is 82.4 Å². The lowest BCUT2D eigenvalue weighted by molar-refractivity contribution is 0.0690. The molecular weight excluding hydrogens is 789 g/mol. The molecule has 15 heteroatoms. The van der Waals surface area contributed by atoms with Crippen LogP contribution < -0.4 is 20.3 Å². The van der Waals surface area contributed by atoms with E-state index in [1.807, 2.05) is 60.7 Å². The van der Waals surface area contributed by atoms with Crippen LogP contribution in [0.25, 0.3) is 31.6 Å². The fourth-order valence-corrected chi connectivity index (χ4v) is 10.7. The lowest BCUT2D eigenvalue weighted by Crippen LogP contribution is -2.32. The molecule has 1 saturated heterocycles. The highest BCUT2D eigenvalue weighted by atomic mass is 32.1. The number of thiophene rings is 1. The molecule has 1 amide bonds. The van der Waals surface area contributed by atoms with Crippen molar-refractivity contribution in [1.82, 2.24) is 24.8 Å². The van der Waals surface area contributed by atoms with Crippen molar-refractivity contribution in [2.75, 3.05) is 54.9 Å². The number of anilines is 3. The summed E-state index contributed by atoms with van der Waals surface area (Å²) in [4.78, 5) is 49.5. The summed E-state index contributed by atoms with van der Waals surface area (Å²) in [5.41, 5.74) is 6.59. The van der Waals surface area contributed by atoms with Gasteiger partial charge in [0.15, 0.2) is 16.0 Å². The number of amides is 1. The Labute approximate surface area is 347 Å². The Morgan fingerprint density at radius 3 is 2.62 bits per heavy atom. The van der Waals surface area contributed by atoms with E-state index >= 15 is 0 Å². The standard InChI is InChI=1S/C43H42N8O4S3/c52-40(49-42-47-33-10-1-2-11-34(33)57-42)30-9-5-8-27-17-22-51(24-31(27)30)43-48-37(41(53)54)35(58-43)12-6-23-55-29-15-13-28(14-16-29)32-25-56-38-36(32)45-26-46-39(38)44-18-7-21-50-19-3-4-20-50/h1-2,5,8-11,13-16,25-26H,3-4,6-7,12,17-24H2,(H,53,54)(H,44,45,46)(H,47,49,52). The number of nitrogens with zero attached hydrogens (tertiary/aromatic N) is 6. The van der Waals surface area contributed by atoms with Crippen LogP contribution in [-0.2, 0) is 19.4 Å². The van der Waals surface area contributed by atoms with Crippen LogP contribution in [0.15, 0.2) is 78.4 Å². The number of ether oxygens (including phenoxy) is 1. The number of aryl methyl sites for hydroxylation is 1. The molecule has 7 aromatic rings. The first-order valence-corrected chi connectivity index (χ1v) is 22.2. The van der Waals surface area contributed by atoms with Gasteiger partial charge in [-0.2, -0.15) is 0 Å². The number of thiazole rings is 2. The second-order valence-electron chi connectivity index (χ2n) is 14.5. The van der Waals surface area contributed by atoms with Gasteiger partial charge in [0.2, 0.25) is 0 Å². The topological polar surface area (TPSA) is 146 Å². The molecule has 3 N–H and O–H groups in total. The van der Waals surface area contributed by atoms with E-state index in [0.29, 0.717) is 53.2 Å². The summed E-state index contributed by atoms with van der Waals surface area (Å²) < 4.78 is 8.17. The summed E-state index contributed by atoms with van der Waals surface area (Å²) in [6.07, 6.45) is 7.21. The lowest BCUT2D eigenvalue weighted by atomic mass is 9.94. The van der Waals surface area contributed by atoms with E-state index in [9.17, 15) is 14.7 Å². The summed E-state index contributed by atoms with van der Waals surface area (Å²) >= 11 is 4.50. The van der Waals surface area contributed by atoms with Crippen LogP contribution in [0.5, 0.6) is 5.75 Å². The number of fused-ring (bicyclic) bond motifs is 3. The third kappa shape index (κ3) is 8.25. The van der Waals surface area contributed by atoms with E-state index in [0.717, 1.165) is 80.2 Å². The van der Waals surface area contributed by atoms with E-state index < -0.39 is 5.97 Å². The van der Waals surface area contributed by atoms with Crippen molar-refractivity contribution in [3.63, 3.8) is 0 Å². The predicted molar refractivity (Wildman–Crippen MR) is 233 cm³/mol. The molecule has 58 heavy (non-hydrogen) atoms. The molecule has 0 bridgehead atoms. The highest BCUT2D eigenvalue weighted by Crippen LogP contribution is 2.37. The van der Waals surface area contributed by atoms with Crippen LogP contribution in [0.3, 0.4) is 0 Å². The maximum absolute atomic E-state index is 13.5. The summed E-state index contributed by atoms with van der Waals surface area (Å²) in [6, 6.07) is 21.6. The number of aromatic nitrogens is 4. The normalized spacial score (nSPS) is 14.2. The number of para-hydroxylation sites is 1. The summed E-state index contributed by atoms with van der Waals surface area (Å²) in [6.45, 7) is 5.99. The molecule has 0 spiro atoms. The minimum atomic E-state index is -1.05. The number of aromatic carboxylic acids is 1. The monoisotopic (exact) mass is 830 g/mol. The fraction of sp³-hybridized carbons (Fsp3) is 0.302. The van der Waals surface area contributed by atoms with E-state index in [1.165, 1.54) is 48.6 Å².